The van der Waals surface area contributed by atoms with Crippen molar-refractivity contribution in [2.75, 3.05) is 7.11 Å². The Morgan fingerprint density at radius 3 is 2.39 bits per heavy atom. The summed E-state index contributed by atoms with van der Waals surface area (Å²) in [6.45, 7) is 7.60. The first-order chi connectivity index (χ1) is 8.57. The van der Waals surface area contributed by atoms with Gasteiger partial charge in [0.25, 0.3) is 0 Å². The normalized spacial score (nSPS) is 13.7. The monoisotopic (exact) mass is 246 g/mol. The maximum Gasteiger partial charge on any atom is 0.140 e. The number of carbonyl (C=O) groups is 1. The summed E-state index contributed by atoms with van der Waals surface area (Å²) in [5.74, 6) is 1.02. The summed E-state index contributed by atoms with van der Waals surface area (Å²) in [5.41, 5.74) is 0.711. The lowest BCUT2D eigenvalue weighted by molar-refractivity contribution is -0.124. The molecule has 98 valence electrons. The van der Waals surface area contributed by atoms with Crippen molar-refractivity contribution in [2.24, 2.45) is 5.41 Å². The van der Waals surface area contributed by atoms with E-state index >= 15 is 0 Å². The minimum Gasteiger partial charge on any atom is -0.497 e. The quantitative estimate of drug-likeness (QED) is 0.684. The van der Waals surface area contributed by atoms with E-state index in [0.717, 1.165) is 24.2 Å². The van der Waals surface area contributed by atoms with Crippen molar-refractivity contribution in [3.05, 3.63) is 42.5 Å². The molecule has 1 atom stereocenters. The maximum absolute atomic E-state index is 11.9. The van der Waals surface area contributed by atoms with E-state index < -0.39 is 5.41 Å². The van der Waals surface area contributed by atoms with Gasteiger partial charge in [-0.1, -0.05) is 31.6 Å². The number of hydrogen-bond donors (Lipinski definition) is 0. The molecular formula is C16H22O2. The van der Waals surface area contributed by atoms with Crippen molar-refractivity contribution in [3.8, 4) is 5.75 Å². The molecule has 2 nitrogen and oxygen atoms in total. The maximum atomic E-state index is 11.9. The standard InChI is InChI=1S/C16H22O2/c1-5-11-16(6-2,13(3)17)12-14-7-9-15(18-4)10-8-14/h6-10H,2,5,11-12H2,1,3-4H3. The van der Waals surface area contributed by atoms with E-state index in [0.29, 0.717) is 6.42 Å². The highest BCUT2D eigenvalue weighted by molar-refractivity contribution is 5.84. The molecule has 1 rings (SSSR count). The fraction of sp³-hybridized carbons (Fsp3) is 0.438. The summed E-state index contributed by atoms with van der Waals surface area (Å²) in [6, 6.07) is 7.87. The van der Waals surface area contributed by atoms with Crippen LogP contribution < -0.4 is 4.74 Å². The fourth-order valence-corrected chi connectivity index (χ4v) is 2.26. The molecule has 1 aromatic rings. The summed E-state index contributed by atoms with van der Waals surface area (Å²) >= 11 is 0. The molecule has 1 unspecified atom stereocenters. The fourth-order valence-electron chi connectivity index (χ4n) is 2.26. The molecule has 0 amide bonds. The van der Waals surface area contributed by atoms with Gasteiger partial charge in [0.2, 0.25) is 0 Å². The molecule has 0 fully saturated rings. The average Bonchev–Trinajstić information content (AvgIpc) is 2.38. The minimum absolute atomic E-state index is 0.190. The van der Waals surface area contributed by atoms with E-state index in [4.69, 9.17) is 4.74 Å². The third kappa shape index (κ3) is 3.22. The number of ketones is 1. The molecule has 0 saturated heterocycles. The van der Waals surface area contributed by atoms with Crippen LogP contribution in [0.2, 0.25) is 0 Å². The second-order valence-corrected chi connectivity index (χ2v) is 4.69. The molecule has 0 aliphatic rings. The van der Waals surface area contributed by atoms with Crippen LogP contribution in [0, 0.1) is 5.41 Å². The van der Waals surface area contributed by atoms with Crippen LogP contribution in [0.25, 0.3) is 0 Å². The Hall–Kier alpha value is -1.57. The zero-order chi connectivity index (χ0) is 13.6. The molecule has 0 radical (unpaired) electrons. The molecule has 0 saturated carbocycles. The van der Waals surface area contributed by atoms with Crippen molar-refractivity contribution >= 4 is 5.78 Å². The molecule has 18 heavy (non-hydrogen) atoms. The lowest BCUT2D eigenvalue weighted by Gasteiger charge is -2.27. The number of hydrogen-bond acceptors (Lipinski definition) is 2. The van der Waals surface area contributed by atoms with Gasteiger partial charge in [-0.05, 0) is 37.5 Å². The van der Waals surface area contributed by atoms with Crippen molar-refractivity contribution < 1.29 is 9.53 Å². The van der Waals surface area contributed by atoms with Crippen LogP contribution in [0.4, 0.5) is 0 Å². The van der Waals surface area contributed by atoms with Gasteiger partial charge in [-0.2, -0.15) is 0 Å². The summed E-state index contributed by atoms with van der Waals surface area (Å²) in [5, 5.41) is 0. The number of benzene rings is 1. The second-order valence-electron chi connectivity index (χ2n) is 4.69. The van der Waals surface area contributed by atoms with Gasteiger partial charge in [-0.25, -0.2) is 0 Å². The van der Waals surface area contributed by atoms with Crippen molar-refractivity contribution in [1.82, 2.24) is 0 Å². The lowest BCUT2D eigenvalue weighted by atomic mass is 9.75. The smallest absolute Gasteiger partial charge is 0.140 e. The summed E-state index contributed by atoms with van der Waals surface area (Å²) < 4.78 is 5.13. The molecule has 1 aromatic carbocycles. The van der Waals surface area contributed by atoms with Crippen LogP contribution in [-0.2, 0) is 11.2 Å². The number of allylic oxidation sites excluding steroid dienone is 1. The SMILES string of the molecule is C=CC(CCC)(Cc1ccc(OC)cc1)C(C)=O. The molecule has 0 bridgehead atoms. The Morgan fingerprint density at radius 1 is 1.39 bits per heavy atom. The van der Waals surface area contributed by atoms with Gasteiger partial charge in [-0.15, -0.1) is 6.58 Å². The second kappa shape index (κ2) is 6.39. The molecule has 0 aliphatic heterocycles. The van der Waals surface area contributed by atoms with Gasteiger partial charge < -0.3 is 4.74 Å². The molecule has 0 N–H and O–H groups in total. The number of rotatable bonds is 7. The number of methoxy groups -OCH3 is 1. The molecule has 0 heterocycles. The molecule has 2 heteroatoms. The predicted molar refractivity (Wildman–Crippen MR) is 74.9 cm³/mol. The van der Waals surface area contributed by atoms with Gasteiger partial charge >= 0.3 is 0 Å². The first kappa shape index (κ1) is 14.5. The van der Waals surface area contributed by atoms with E-state index in [2.05, 4.69) is 13.5 Å². The topological polar surface area (TPSA) is 26.3 Å². The first-order valence-electron chi connectivity index (χ1n) is 6.35. The highest BCUT2D eigenvalue weighted by Crippen LogP contribution is 2.31. The predicted octanol–water partition coefficient (Wildman–Crippen LogP) is 3.80. The Kier molecular flexibility index (Phi) is 5.14. The number of Topliss-reactive ketones (excluding diaryl/α,β-unsaturated/α-hetero) is 1. The highest BCUT2D eigenvalue weighted by Gasteiger charge is 2.31. The first-order valence-corrected chi connectivity index (χ1v) is 6.35. The van der Waals surface area contributed by atoms with Crippen LogP contribution in [0.3, 0.4) is 0 Å². The Labute approximate surface area is 110 Å². The van der Waals surface area contributed by atoms with Crippen molar-refractivity contribution in [2.45, 2.75) is 33.1 Å². The highest BCUT2D eigenvalue weighted by atomic mass is 16.5. The van der Waals surface area contributed by atoms with Gasteiger partial charge in [0.1, 0.15) is 11.5 Å². The Balaban J connectivity index is 2.94. The lowest BCUT2D eigenvalue weighted by Crippen LogP contribution is -2.29. The molecular weight excluding hydrogens is 224 g/mol. The number of carbonyl (C=O) groups excluding carboxylic acids is 1. The molecule has 0 aliphatic carbocycles. The minimum atomic E-state index is -0.427. The van der Waals surface area contributed by atoms with E-state index in [-0.39, 0.29) is 5.78 Å². The zero-order valence-corrected chi connectivity index (χ0v) is 11.5. The van der Waals surface area contributed by atoms with Crippen LogP contribution in [-0.4, -0.2) is 12.9 Å². The average molecular weight is 246 g/mol. The summed E-state index contributed by atoms with van der Waals surface area (Å²) in [4.78, 5) is 11.9. The van der Waals surface area contributed by atoms with Crippen LogP contribution in [0.5, 0.6) is 5.75 Å². The van der Waals surface area contributed by atoms with Crippen LogP contribution in [0.1, 0.15) is 32.3 Å². The van der Waals surface area contributed by atoms with E-state index in [1.165, 1.54) is 0 Å². The third-order valence-electron chi connectivity index (χ3n) is 3.47. The van der Waals surface area contributed by atoms with Crippen LogP contribution >= 0.6 is 0 Å². The van der Waals surface area contributed by atoms with E-state index in [1.54, 1.807) is 14.0 Å². The summed E-state index contributed by atoms with van der Waals surface area (Å²) in [6.07, 6.45) is 4.34. The Morgan fingerprint density at radius 2 is 2.00 bits per heavy atom. The molecule has 0 aromatic heterocycles. The van der Waals surface area contributed by atoms with Crippen molar-refractivity contribution in [3.63, 3.8) is 0 Å². The largest absolute Gasteiger partial charge is 0.497 e. The molecule has 0 spiro atoms. The van der Waals surface area contributed by atoms with Gasteiger partial charge in [0.15, 0.2) is 0 Å². The zero-order valence-electron chi connectivity index (χ0n) is 11.5. The third-order valence-corrected chi connectivity index (χ3v) is 3.47. The van der Waals surface area contributed by atoms with Crippen molar-refractivity contribution in [1.29, 1.82) is 0 Å². The Bertz CT molecular complexity index is 406. The summed E-state index contributed by atoms with van der Waals surface area (Å²) in [7, 11) is 1.65. The van der Waals surface area contributed by atoms with Crippen LogP contribution in [0.15, 0.2) is 36.9 Å². The van der Waals surface area contributed by atoms with Gasteiger partial charge in [0, 0.05) is 0 Å². The van der Waals surface area contributed by atoms with Gasteiger partial charge in [0.05, 0.1) is 12.5 Å². The number of ether oxygens (including phenoxy) is 1. The van der Waals surface area contributed by atoms with Gasteiger partial charge in [-0.3, -0.25) is 4.79 Å². The van der Waals surface area contributed by atoms with E-state index in [9.17, 15) is 4.79 Å². The van der Waals surface area contributed by atoms with E-state index in [1.807, 2.05) is 30.3 Å².